The molecule has 0 aromatic heterocycles. The first-order chi connectivity index (χ1) is 7.37. The molecule has 0 aliphatic rings. The van der Waals surface area contributed by atoms with Crippen LogP contribution in [0.5, 0.6) is 0 Å². The zero-order valence-corrected chi connectivity index (χ0v) is 10.4. The van der Waals surface area contributed by atoms with Crippen LogP contribution in [-0.4, -0.2) is 38.6 Å². The fourth-order valence-corrected chi connectivity index (χ4v) is 1.64. The van der Waals surface area contributed by atoms with Crippen molar-refractivity contribution in [3.63, 3.8) is 0 Å². The number of nitrogens with one attached hydrogen (secondary N) is 1. The minimum Gasteiger partial charge on any atom is -0.598 e. The lowest BCUT2D eigenvalue weighted by Gasteiger charge is -2.30. The van der Waals surface area contributed by atoms with E-state index in [-0.39, 0.29) is 0 Å². The standard InChI is InChI=1S/C8H15F3N2O3S/c1-7(2,3)17(16)13-5(8(9,10)11)4(12)6(14)15/h4-5,13H,12H2,1-3H3,(H,14,15)/t4?,5?,17-/m1/s1. The zero-order chi connectivity index (χ0) is 14.0. The Morgan fingerprint density at radius 1 is 1.41 bits per heavy atom. The van der Waals surface area contributed by atoms with E-state index in [1.807, 2.05) is 0 Å². The van der Waals surface area contributed by atoms with E-state index in [0.29, 0.717) is 0 Å². The summed E-state index contributed by atoms with van der Waals surface area (Å²) in [7, 11) is 0. The maximum absolute atomic E-state index is 12.5. The van der Waals surface area contributed by atoms with Gasteiger partial charge in [0.2, 0.25) is 0 Å². The Labute approximate surface area is 99.9 Å². The third-order valence-electron chi connectivity index (χ3n) is 1.79. The molecule has 102 valence electrons. The minimum absolute atomic E-state index is 0.957. The van der Waals surface area contributed by atoms with E-state index >= 15 is 0 Å². The molecule has 17 heavy (non-hydrogen) atoms. The number of aliphatic carboxylic acids is 1. The van der Waals surface area contributed by atoms with Crippen molar-refractivity contribution in [2.24, 2.45) is 5.73 Å². The predicted octanol–water partition coefficient (Wildman–Crippen LogP) is 0.381. The highest BCUT2D eigenvalue weighted by Gasteiger charge is 2.50. The Morgan fingerprint density at radius 2 is 1.82 bits per heavy atom. The highest BCUT2D eigenvalue weighted by atomic mass is 32.2. The van der Waals surface area contributed by atoms with Gasteiger partial charge < -0.3 is 15.4 Å². The normalized spacial score (nSPS) is 18.6. The Morgan fingerprint density at radius 3 is 2.06 bits per heavy atom. The second-order valence-electron chi connectivity index (χ2n) is 4.38. The zero-order valence-electron chi connectivity index (χ0n) is 9.54. The summed E-state index contributed by atoms with van der Waals surface area (Å²) in [5.41, 5.74) is 4.92. The molecular formula is C8H15F3N2O3S. The van der Waals surface area contributed by atoms with Gasteiger partial charge in [-0.3, -0.25) is 4.79 Å². The highest BCUT2D eigenvalue weighted by molar-refractivity contribution is 7.90. The lowest BCUT2D eigenvalue weighted by atomic mass is 10.1. The summed E-state index contributed by atoms with van der Waals surface area (Å²) in [6.45, 7) is 4.36. The molecule has 0 rings (SSSR count). The van der Waals surface area contributed by atoms with E-state index < -0.39 is 40.3 Å². The Balaban J connectivity index is 4.92. The van der Waals surface area contributed by atoms with E-state index in [1.54, 1.807) is 4.72 Å². The molecule has 0 aromatic rings. The van der Waals surface area contributed by atoms with Crippen molar-refractivity contribution < 1.29 is 27.6 Å². The third-order valence-corrected chi connectivity index (χ3v) is 3.37. The molecular weight excluding hydrogens is 261 g/mol. The monoisotopic (exact) mass is 276 g/mol. The van der Waals surface area contributed by atoms with Crippen LogP contribution in [0.2, 0.25) is 0 Å². The average Bonchev–Trinajstić information content (AvgIpc) is 2.08. The van der Waals surface area contributed by atoms with Crippen LogP contribution in [0, 0.1) is 0 Å². The molecule has 0 radical (unpaired) electrons. The van der Waals surface area contributed by atoms with Crippen LogP contribution in [0.3, 0.4) is 0 Å². The molecule has 9 heteroatoms. The van der Waals surface area contributed by atoms with Crippen LogP contribution in [0.4, 0.5) is 13.2 Å². The van der Waals surface area contributed by atoms with E-state index in [0.717, 1.165) is 0 Å². The molecule has 0 spiro atoms. The summed E-state index contributed by atoms with van der Waals surface area (Å²) in [4.78, 5) is 10.5. The number of alkyl halides is 3. The molecule has 5 nitrogen and oxygen atoms in total. The number of nitrogens with two attached hydrogens (primary N) is 1. The molecule has 0 saturated heterocycles. The maximum atomic E-state index is 12.5. The van der Waals surface area contributed by atoms with Crippen LogP contribution in [0.25, 0.3) is 0 Å². The Hall–Kier alpha value is -0.510. The molecule has 3 atom stereocenters. The summed E-state index contributed by atoms with van der Waals surface area (Å²) >= 11 is -2.06. The number of rotatable bonds is 4. The van der Waals surface area contributed by atoms with Crippen molar-refractivity contribution in [2.75, 3.05) is 0 Å². The Kier molecular flexibility index (Phi) is 5.26. The molecule has 0 heterocycles. The van der Waals surface area contributed by atoms with Gasteiger partial charge in [0.15, 0.2) is 6.04 Å². The van der Waals surface area contributed by atoms with Gasteiger partial charge in [0.05, 0.1) is 0 Å². The second kappa shape index (κ2) is 5.42. The first-order valence-electron chi connectivity index (χ1n) is 4.60. The minimum atomic E-state index is -4.89. The summed E-state index contributed by atoms with van der Waals surface area (Å²) in [6.07, 6.45) is -4.89. The molecule has 0 fully saturated rings. The van der Waals surface area contributed by atoms with E-state index in [1.165, 1.54) is 20.8 Å². The maximum Gasteiger partial charge on any atom is 0.410 e. The summed E-state index contributed by atoms with van der Waals surface area (Å²) in [5, 5.41) is 8.47. The Bertz CT molecular complexity index is 280. The van der Waals surface area contributed by atoms with Gasteiger partial charge in [-0.2, -0.15) is 13.2 Å². The smallest absolute Gasteiger partial charge is 0.410 e. The van der Waals surface area contributed by atoms with Crippen molar-refractivity contribution >= 4 is 17.3 Å². The highest BCUT2D eigenvalue weighted by Crippen LogP contribution is 2.25. The number of hydrogen-bond acceptors (Lipinski definition) is 4. The van der Waals surface area contributed by atoms with Crippen LogP contribution in [0.15, 0.2) is 0 Å². The van der Waals surface area contributed by atoms with Gasteiger partial charge in [0.1, 0.15) is 10.8 Å². The van der Waals surface area contributed by atoms with Crippen LogP contribution < -0.4 is 10.5 Å². The summed E-state index contributed by atoms with van der Waals surface area (Å²) < 4.78 is 49.9. The van der Waals surface area contributed by atoms with E-state index in [2.05, 4.69) is 0 Å². The SMILES string of the molecule is CC(C)(C)[S@@+]([O-])NC(C(N)C(=O)O)C(F)(F)F. The molecule has 0 bridgehead atoms. The van der Waals surface area contributed by atoms with Gasteiger partial charge >= 0.3 is 12.1 Å². The van der Waals surface area contributed by atoms with Gasteiger partial charge in [-0.25, -0.2) is 0 Å². The van der Waals surface area contributed by atoms with Crippen molar-refractivity contribution in [3.8, 4) is 0 Å². The fourth-order valence-electron chi connectivity index (χ4n) is 0.778. The second-order valence-corrected chi connectivity index (χ2v) is 6.38. The first-order valence-corrected chi connectivity index (χ1v) is 5.75. The lowest BCUT2D eigenvalue weighted by Crippen LogP contribution is -2.61. The molecule has 0 aliphatic carbocycles. The number of halogens is 3. The van der Waals surface area contributed by atoms with Crippen LogP contribution in [0.1, 0.15) is 20.8 Å². The lowest BCUT2D eigenvalue weighted by molar-refractivity contribution is -0.167. The number of carboxylic acid groups (broad SMARTS) is 1. The van der Waals surface area contributed by atoms with Gasteiger partial charge in [0, 0.05) is 11.4 Å². The van der Waals surface area contributed by atoms with Gasteiger partial charge in [-0.05, 0) is 20.8 Å². The molecule has 0 aromatic carbocycles. The van der Waals surface area contributed by atoms with Crippen molar-refractivity contribution in [1.29, 1.82) is 0 Å². The van der Waals surface area contributed by atoms with Gasteiger partial charge in [0.25, 0.3) is 0 Å². The van der Waals surface area contributed by atoms with Crippen molar-refractivity contribution in [3.05, 3.63) is 0 Å². The van der Waals surface area contributed by atoms with E-state index in [9.17, 15) is 22.5 Å². The molecule has 0 aliphatic heterocycles. The predicted molar refractivity (Wildman–Crippen MR) is 56.5 cm³/mol. The molecule has 0 amide bonds. The quantitative estimate of drug-likeness (QED) is 0.645. The summed E-state index contributed by atoms with van der Waals surface area (Å²) in [6, 6.07) is -4.76. The van der Waals surface area contributed by atoms with Crippen LogP contribution >= 0.6 is 0 Å². The summed E-state index contributed by atoms with van der Waals surface area (Å²) in [5.74, 6) is -1.81. The third kappa shape index (κ3) is 5.11. The number of carbonyl (C=O) groups is 1. The van der Waals surface area contributed by atoms with Crippen molar-refractivity contribution in [1.82, 2.24) is 4.72 Å². The topological polar surface area (TPSA) is 98.4 Å². The molecule has 2 unspecified atom stereocenters. The van der Waals surface area contributed by atoms with Crippen molar-refractivity contribution in [2.45, 2.75) is 43.8 Å². The fraction of sp³-hybridized carbons (Fsp3) is 0.875. The molecule has 0 saturated carbocycles. The number of hydrogen-bond donors (Lipinski definition) is 3. The average molecular weight is 276 g/mol. The molecule has 4 N–H and O–H groups in total. The van der Waals surface area contributed by atoms with E-state index in [4.69, 9.17) is 10.8 Å². The largest absolute Gasteiger partial charge is 0.598 e. The number of carboxylic acids is 1. The van der Waals surface area contributed by atoms with Gasteiger partial charge in [-0.15, -0.1) is 4.72 Å². The van der Waals surface area contributed by atoms with Gasteiger partial charge in [-0.1, -0.05) is 0 Å². The van der Waals surface area contributed by atoms with Crippen LogP contribution in [-0.2, 0) is 16.2 Å². The first kappa shape index (κ1) is 16.5.